The molecular weight excluding hydrogens is 338 g/mol. The third-order valence-electron chi connectivity index (χ3n) is 5.42. The molecule has 4 nitrogen and oxygen atoms in total. The summed E-state index contributed by atoms with van der Waals surface area (Å²) in [6, 6.07) is 17.9. The Balaban J connectivity index is 1.33. The average Bonchev–Trinajstić information content (AvgIpc) is 2.90. The van der Waals surface area contributed by atoms with Crippen LogP contribution in [0.2, 0.25) is 0 Å². The normalized spacial score (nSPS) is 19.5. The van der Waals surface area contributed by atoms with E-state index in [1.165, 1.54) is 5.56 Å². The molecule has 4 rings (SSSR count). The molecule has 0 saturated carbocycles. The Morgan fingerprint density at radius 1 is 0.926 bits per heavy atom. The van der Waals surface area contributed by atoms with E-state index in [0.29, 0.717) is 36.8 Å². The standard InChI is InChI=1S/C23H23NO3/c25-21-16-22(20-9-5-4-8-19(20)21)27-15-14-24-13-12-18(10-11-23(24)26)17-6-2-1-3-7-17/h1-9,16,18H,10-15H2. The molecule has 2 aliphatic rings. The number of carbonyl (C=O) groups is 2. The molecule has 1 atom stereocenters. The van der Waals surface area contributed by atoms with Crippen LogP contribution in [0.3, 0.4) is 0 Å². The predicted molar refractivity (Wildman–Crippen MR) is 104 cm³/mol. The number of ether oxygens (including phenoxy) is 1. The number of rotatable bonds is 5. The second-order valence-electron chi connectivity index (χ2n) is 7.08. The van der Waals surface area contributed by atoms with E-state index in [2.05, 4.69) is 24.3 Å². The summed E-state index contributed by atoms with van der Waals surface area (Å²) in [7, 11) is 0. The first kappa shape index (κ1) is 17.5. The Kier molecular flexibility index (Phi) is 5.05. The quantitative estimate of drug-likeness (QED) is 0.808. The first-order valence-electron chi connectivity index (χ1n) is 9.53. The predicted octanol–water partition coefficient (Wildman–Crippen LogP) is 4.04. The van der Waals surface area contributed by atoms with Crippen LogP contribution in [-0.4, -0.2) is 36.3 Å². The molecule has 4 heteroatoms. The minimum Gasteiger partial charge on any atom is -0.491 e. The summed E-state index contributed by atoms with van der Waals surface area (Å²) in [6.45, 7) is 1.69. The highest BCUT2D eigenvalue weighted by Crippen LogP contribution is 2.29. The zero-order chi connectivity index (χ0) is 18.6. The van der Waals surface area contributed by atoms with Gasteiger partial charge in [-0.25, -0.2) is 0 Å². The maximum absolute atomic E-state index is 12.5. The molecule has 1 amide bonds. The average molecular weight is 361 g/mol. The number of hydrogen-bond acceptors (Lipinski definition) is 3. The minimum absolute atomic E-state index is 0.0165. The number of hydrogen-bond donors (Lipinski definition) is 0. The molecule has 27 heavy (non-hydrogen) atoms. The Morgan fingerprint density at radius 2 is 1.67 bits per heavy atom. The largest absolute Gasteiger partial charge is 0.491 e. The van der Waals surface area contributed by atoms with Gasteiger partial charge in [0.05, 0.1) is 6.54 Å². The third-order valence-corrected chi connectivity index (χ3v) is 5.42. The van der Waals surface area contributed by atoms with Crippen molar-refractivity contribution in [3.63, 3.8) is 0 Å². The van der Waals surface area contributed by atoms with E-state index >= 15 is 0 Å². The maximum Gasteiger partial charge on any atom is 0.222 e. The molecular formula is C23H23NO3. The highest BCUT2D eigenvalue weighted by atomic mass is 16.5. The number of allylic oxidation sites excluding steroid dienone is 1. The van der Waals surface area contributed by atoms with Crippen LogP contribution in [0.15, 0.2) is 60.7 Å². The van der Waals surface area contributed by atoms with Crippen molar-refractivity contribution in [2.45, 2.75) is 25.2 Å². The van der Waals surface area contributed by atoms with E-state index in [9.17, 15) is 9.59 Å². The van der Waals surface area contributed by atoms with E-state index < -0.39 is 0 Å². The highest BCUT2D eigenvalue weighted by Gasteiger charge is 2.25. The van der Waals surface area contributed by atoms with Crippen molar-refractivity contribution in [3.8, 4) is 0 Å². The molecule has 1 aliphatic carbocycles. The number of nitrogens with zero attached hydrogens (tertiary/aromatic N) is 1. The van der Waals surface area contributed by atoms with Gasteiger partial charge in [-0.2, -0.15) is 0 Å². The smallest absolute Gasteiger partial charge is 0.222 e. The number of fused-ring (bicyclic) bond motifs is 1. The van der Waals surface area contributed by atoms with E-state index in [1.54, 1.807) is 6.08 Å². The molecule has 0 aromatic heterocycles. The lowest BCUT2D eigenvalue weighted by molar-refractivity contribution is -0.131. The molecule has 0 N–H and O–H groups in total. The van der Waals surface area contributed by atoms with Crippen molar-refractivity contribution < 1.29 is 14.3 Å². The van der Waals surface area contributed by atoms with Gasteiger partial charge in [-0.1, -0.05) is 54.6 Å². The van der Waals surface area contributed by atoms with Gasteiger partial charge in [-0.05, 0) is 24.3 Å². The molecule has 1 unspecified atom stereocenters. The van der Waals surface area contributed by atoms with Crippen LogP contribution in [0.1, 0.15) is 46.7 Å². The van der Waals surface area contributed by atoms with Crippen LogP contribution in [0, 0.1) is 0 Å². The molecule has 0 radical (unpaired) electrons. The second-order valence-corrected chi connectivity index (χ2v) is 7.08. The number of likely N-dealkylation sites (tertiary alicyclic amines) is 1. The van der Waals surface area contributed by atoms with Gasteiger partial charge < -0.3 is 9.64 Å². The third kappa shape index (κ3) is 3.80. The van der Waals surface area contributed by atoms with Crippen molar-refractivity contribution >= 4 is 17.4 Å². The van der Waals surface area contributed by atoms with Gasteiger partial charge in [0.15, 0.2) is 5.78 Å². The van der Waals surface area contributed by atoms with Crippen LogP contribution in [0.5, 0.6) is 0 Å². The highest BCUT2D eigenvalue weighted by molar-refractivity contribution is 6.15. The van der Waals surface area contributed by atoms with Gasteiger partial charge in [-0.3, -0.25) is 9.59 Å². The topological polar surface area (TPSA) is 46.6 Å². The van der Waals surface area contributed by atoms with Gasteiger partial charge in [-0.15, -0.1) is 0 Å². The first-order valence-corrected chi connectivity index (χ1v) is 9.53. The van der Waals surface area contributed by atoms with Gasteiger partial charge in [0.1, 0.15) is 12.4 Å². The number of amides is 1. The van der Waals surface area contributed by atoms with Crippen LogP contribution in [-0.2, 0) is 9.53 Å². The molecule has 138 valence electrons. The summed E-state index contributed by atoms with van der Waals surface area (Å²) in [5.41, 5.74) is 2.84. The van der Waals surface area contributed by atoms with Crippen LogP contribution in [0.4, 0.5) is 0 Å². The zero-order valence-corrected chi connectivity index (χ0v) is 15.3. The Labute approximate surface area is 159 Å². The number of benzene rings is 2. The van der Waals surface area contributed by atoms with Crippen molar-refractivity contribution in [3.05, 3.63) is 77.4 Å². The molecule has 1 heterocycles. The summed E-state index contributed by atoms with van der Waals surface area (Å²) >= 11 is 0. The fraction of sp³-hybridized carbons (Fsp3) is 0.304. The Morgan fingerprint density at radius 3 is 2.48 bits per heavy atom. The summed E-state index contributed by atoms with van der Waals surface area (Å²) in [4.78, 5) is 26.4. The molecule has 0 bridgehead atoms. The zero-order valence-electron chi connectivity index (χ0n) is 15.3. The van der Waals surface area contributed by atoms with E-state index in [1.807, 2.05) is 35.2 Å². The van der Waals surface area contributed by atoms with E-state index in [-0.39, 0.29) is 11.7 Å². The summed E-state index contributed by atoms with van der Waals surface area (Å²) in [6.07, 6.45) is 3.98. The van der Waals surface area contributed by atoms with Crippen LogP contribution in [0.25, 0.3) is 5.76 Å². The van der Waals surface area contributed by atoms with Gasteiger partial charge >= 0.3 is 0 Å². The van der Waals surface area contributed by atoms with Crippen molar-refractivity contribution in [1.29, 1.82) is 0 Å². The lowest BCUT2D eigenvalue weighted by atomic mass is 9.92. The van der Waals surface area contributed by atoms with Crippen molar-refractivity contribution in [1.82, 2.24) is 4.90 Å². The maximum atomic E-state index is 12.5. The molecule has 1 fully saturated rings. The molecule has 2 aromatic carbocycles. The summed E-state index contributed by atoms with van der Waals surface area (Å²) in [5, 5.41) is 0. The van der Waals surface area contributed by atoms with Crippen LogP contribution >= 0.6 is 0 Å². The molecule has 1 saturated heterocycles. The molecule has 2 aromatic rings. The molecule has 0 spiro atoms. The van der Waals surface area contributed by atoms with Crippen molar-refractivity contribution in [2.75, 3.05) is 19.7 Å². The fourth-order valence-electron chi connectivity index (χ4n) is 3.90. The summed E-state index contributed by atoms with van der Waals surface area (Å²) < 4.78 is 5.85. The fourth-order valence-corrected chi connectivity index (χ4v) is 3.90. The van der Waals surface area contributed by atoms with E-state index in [4.69, 9.17) is 4.74 Å². The number of ketones is 1. The Bertz CT molecular complexity index is 872. The van der Waals surface area contributed by atoms with Gasteiger partial charge in [0.2, 0.25) is 5.91 Å². The van der Waals surface area contributed by atoms with Gasteiger partial charge in [0.25, 0.3) is 0 Å². The first-order chi connectivity index (χ1) is 13.2. The minimum atomic E-state index is -0.0165. The number of carbonyl (C=O) groups excluding carboxylic acids is 2. The molecule has 1 aliphatic heterocycles. The summed E-state index contributed by atoms with van der Waals surface area (Å²) in [5.74, 6) is 1.22. The lowest BCUT2D eigenvalue weighted by Crippen LogP contribution is -2.33. The SMILES string of the molecule is O=C1C=C(OCCN2CCC(c3ccccc3)CCC2=O)c2ccccc21. The van der Waals surface area contributed by atoms with E-state index in [0.717, 1.165) is 24.9 Å². The lowest BCUT2D eigenvalue weighted by Gasteiger charge is -2.21. The van der Waals surface area contributed by atoms with Crippen LogP contribution < -0.4 is 0 Å². The van der Waals surface area contributed by atoms with Crippen molar-refractivity contribution in [2.24, 2.45) is 0 Å². The van der Waals surface area contributed by atoms with Gasteiger partial charge in [0, 0.05) is 30.2 Å². The monoisotopic (exact) mass is 361 g/mol. The second kappa shape index (κ2) is 7.78. The Hall–Kier alpha value is -2.88.